The Bertz CT molecular complexity index is 3770. The lowest BCUT2D eigenvalue weighted by Gasteiger charge is -2.18. The van der Waals surface area contributed by atoms with Gasteiger partial charge in [-0.3, -0.25) is 4.98 Å². The predicted molar refractivity (Wildman–Crippen MR) is 262 cm³/mol. The molecule has 298 valence electrons. The molecule has 9 aromatic carbocycles. The van der Waals surface area contributed by atoms with Gasteiger partial charge in [0.15, 0.2) is 5.82 Å². The average Bonchev–Trinajstić information content (AvgIpc) is 3.95. The molecule has 4 heterocycles. The second-order valence-electron chi connectivity index (χ2n) is 16.3. The number of aromatic nitrogens is 3. The molecule has 64 heavy (non-hydrogen) atoms. The van der Waals surface area contributed by atoms with Crippen molar-refractivity contribution in [3.05, 3.63) is 213 Å². The summed E-state index contributed by atoms with van der Waals surface area (Å²) >= 11 is 0. The molecule has 0 atom stereocenters. The Morgan fingerprint density at radius 2 is 0.734 bits per heavy atom. The van der Waals surface area contributed by atoms with Crippen LogP contribution in [0.2, 0.25) is 0 Å². The van der Waals surface area contributed by atoms with Gasteiger partial charge in [-0.25, -0.2) is 9.97 Å². The molecule has 0 saturated heterocycles. The molecule has 0 fully saturated rings. The molecule has 0 aliphatic rings. The van der Waals surface area contributed by atoms with E-state index < -0.39 is 0 Å². The summed E-state index contributed by atoms with van der Waals surface area (Å²) in [6.45, 7) is 0. The van der Waals surface area contributed by atoms with Crippen molar-refractivity contribution in [3.63, 3.8) is 0 Å². The number of rotatable bonds is 6. The normalized spacial score (nSPS) is 11.8. The second-order valence-corrected chi connectivity index (χ2v) is 16.3. The minimum absolute atomic E-state index is 0.649. The smallest absolute Gasteiger partial charge is 0.161 e. The minimum atomic E-state index is 0.649. The molecule has 0 N–H and O–H groups in total. The zero-order valence-electron chi connectivity index (χ0n) is 34.4. The van der Waals surface area contributed by atoms with Gasteiger partial charge < -0.3 is 8.83 Å². The summed E-state index contributed by atoms with van der Waals surface area (Å²) < 4.78 is 13.3. The van der Waals surface area contributed by atoms with E-state index in [0.717, 1.165) is 127 Å². The van der Waals surface area contributed by atoms with Gasteiger partial charge in [0.1, 0.15) is 22.3 Å². The maximum Gasteiger partial charge on any atom is 0.161 e. The Labute approximate surface area is 367 Å². The first-order valence-corrected chi connectivity index (χ1v) is 21.5. The predicted octanol–water partition coefficient (Wildman–Crippen LogP) is 16.0. The fourth-order valence-corrected chi connectivity index (χ4v) is 9.70. The van der Waals surface area contributed by atoms with Gasteiger partial charge in [-0.15, -0.1) is 0 Å². The van der Waals surface area contributed by atoms with Crippen molar-refractivity contribution in [2.45, 2.75) is 0 Å². The van der Waals surface area contributed by atoms with E-state index in [1.54, 1.807) is 0 Å². The van der Waals surface area contributed by atoms with E-state index in [1.807, 2.05) is 42.7 Å². The number of benzene rings is 9. The largest absolute Gasteiger partial charge is 0.455 e. The highest BCUT2D eigenvalue weighted by atomic mass is 16.3. The molecule has 0 amide bonds. The number of pyridine rings is 1. The van der Waals surface area contributed by atoms with Crippen molar-refractivity contribution >= 4 is 65.4 Å². The molecular formula is C59H35N3O2. The maximum absolute atomic E-state index is 6.67. The number of nitrogens with zero attached hydrogens (tertiary/aromatic N) is 3. The van der Waals surface area contributed by atoms with Gasteiger partial charge in [0.2, 0.25) is 0 Å². The van der Waals surface area contributed by atoms with Crippen molar-refractivity contribution in [2.75, 3.05) is 0 Å². The third-order valence-electron chi connectivity index (χ3n) is 12.6. The SMILES string of the molecule is c1ccc(-c2cc(-c3cc(-c4cccc5c4oc4ccccc45)cc(-c4cccc5c4oc4ccccc45)c3)nc(-c3c4ccccc4c(-c4ccncc4)c4ccccc34)n2)cc1. The highest BCUT2D eigenvalue weighted by molar-refractivity contribution is 6.21. The first-order chi connectivity index (χ1) is 31.7. The summed E-state index contributed by atoms with van der Waals surface area (Å²) in [5, 5.41) is 8.72. The fourth-order valence-electron chi connectivity index (χ4n) is 9.70. The molecule has 0 radical (unpaired) electrons. The van der Waals surface area contributed by atoms with E-state index in [-0.39, 0.29) is 0 Å². The van der Waals surface area contributed by atoms with Gasteiger partial charge in [-0.2, -0.15) is 0 Å². The molecule has 5 nitrogen and oxygen atoms in total. The molecule has 0 saturated carbocycles. The lowest BCUT2D eigenvalue weighted by molar-refractivity contribution is 0.670. The molecule has 0 aliphatic heterocycles. The molecule has 0 bridgehead atoms. The zero-order valence-corrected chi connectivity index (χ0v) is 34.4. The van der Waals surface area contributed by atoms with Crippen LogP contribution in [0.25, 0.3) is 133 Å². The molecule has 0 unspecified atom stereocenters. The number of furan rings is 2. The topological polar surface area (TPSA) is 65.0 Å². The Morgan fingerprint density at radius 1 is 0.297 bits per heavy atom. The quantitative estimate of drug-likeness (QED) is 0.156. The number of fused-ring (bicyclic) bond motifs is 8. The van der Waals surface area contributed by atoms with Crippen LogP contribution in [0.3, 0.4) is 0 Å². The standard InChI is InChI=1S/C59H35N3O2/c1-2-14-36(15-3-1)51-35-52(62-59(61-51)56-47-20-6-4-18-45(47)55(37-28-30-60-31-29-37)46-19-5-7-21-48(46)56)40-33-38(41-22-12-24-49-43-16-8-10-26-53(43)63-57(41)49)32-39(34-40)42-23-13-25-50-44-17-9-11-27-54(44)64-58(42)50/h1-35H. The molecule has 0 spiro atoms. The van der Waals surface area contributed by atoms with Crippen molar-refractivity contribution < 1.29 is 8.83 Å². The lowest BCUT2D eigenvalue weighted by Crippen LogP contribution is -1.99. The van der Waals surface area contributed by atoms with Crippen LogP contribution < -0.4 is 0 Å². The lowest BCUT2D eigenvalue weighted by atomic mass is 9.88. The monoisotopic (exact) mass is 817 g/mol. The van der Waals surface area contributed by atoms with Gasteiger partial charge in [0.25, 0.3) is 0 Å². The summed E-state index contributed by atoms with van der Waals surface area (Å²) in [5.74, 6) is 0.649. The van der Waals surface area contributed by atoms with Crippen molar-refractivity contribution in [1.29, 1.82) is 0 Å². The van der Waals surface area contributed by atoms with Gasteiger partial charge in [-0.1, -0.05) is 152 Å². The van der Waals surface area contributed by atoms with E-state index in [2.05, 4.69) is 175 Å². The van der Waals surface area contributed by atoms with Crippen LogP contribution in [0.4, 0.5) is 0 Å². The van der Waals surface area contributed by atoms with Crippen molar-refractivity contribution in [2.24, 2.45) is 0 Å². The van der Waals surface area contributed by atoms with E-state index >= 15 is 0 Å². The molecule has 5 heteroatoms. The maximum atomic E-state index is 6.67. The van der Waals surface area contributed by atoms with Crippen LogP contribution in [0.5, 0.6) is 0 Å². The highest BCUT2D eigenvalue weighted by Crippen LogP contribution is 2.45. The summed E-state index contributed by atoms with van der Waals surface area (Å²) in [6, 6.07) is 70.0. The summed E-state index contributed by atoms with van der Waals surface area (Å²) in [4.78, 5) is 15.4. The fraction of sp³-hybridized carbons (Fsp3) is 0. The van der Waals surface area contributed by atoms with Gasteiger partial charge in [0, 0.05) is 61.8 Å². The van der Waals surface area contributed by atoms with Gasteiger partial charge >= 0.3 is 0 Å². The van der Waals surface area contributed by atoms with Crippen LogP contribution in [-0.4, -0.2) is 15.0 Å². The third-order valence-corrected chi connectivity index (χ3v) is 12.6. The Kier molecular flexibility index (Phi) is 8.15. The molecule has 13 rings (SSSR count). The van der Waals surface area contributed by atoms with Crippen LogP contribution in [0, 0.1) is 0 Å². The van der Waals surface area contributed by atoms with Crippen LogP contribution in [0.1, 0.15) is 0 Å². The van der Waals surface area contributed by atoms with E-state index in [9.17, 15) is 0 Å². The summed E-state index contributed by atoms with van der Waals surface area (Å²) in [6.07, 6.45) is 3.72. The van der Waals surface area contributed by atoms with E-state index in [1.165, 1.54) is 0 Å². The number of para-hydroxylation sites is 4. The first-order valence-electron chi connectivity index (χ1n) is 21.5. The van der Waals surface area contributed by atoms with Crippen LogP contribution >= 0.6 is 0 Å². The third kappa shape index (κ3) is 5.75. The van der Waals surface area contributed by atoms with Crippen molar-refractivity contribution in [3.8, 4) is 67.3 Å². The Hall–Kier alpha value is -8.67. The Morgan fingerprint density at radius 3 is 1.28 bits per heavy atom. The highest BCUT2D eigenvalue weighted by Gasteiger charge is 2.22. The van der Waals surface area contributed by atoms with Crippen LogP contribution in [0.15, 0.2) is 221 Å². The van der Waals surface area contributed by atoms with Gasteiger partial charge in [-0.05, 0) is 92.3 Å². The average molecular weight is 818 g/mol. The van der Waals surface area contributed by atoms with E-state index in [0.29, 0.717) is 5.82 Å². The number of hydrogen-bond donors (Lipinski definition) is 0. The summed E-state index contributed by atoms with van der Waals surface area (Å²) in [7, 11) is 0. The van der Waals surface area contributed by atoms with Crippen LogP contribution in [-0.2, 0) is 0 Å². The molecule has 13 aromatic rings. The molecule has 0 aliphatic carbocycles. The van der Waals surface area contributed by atoms with E-state index in [4.69, 9.17) is 18.8 Å². The van der Waals surface area contributed by atoms with Gasteiger partial charge in [0.05, 0.1) is 11.4 Å². The molecule has 4 aromatic heterocycles. The molecular weight excluding hydrogens is 783 g/mol. The minimum Gasteiger partial charge on any atom is -0.455 e. The summed E-state index contributed by atoms with van der Waals surface area (Å²) in [5.41, 5.74) is 14.2. The first kappa shape index (κ1) is 36.0. The number of hydrogen-bond acceptors (Lipinski definition) is 5. The van der Waals surface area contributed by atoms with Crippen molar-refractivity contribution in [1.82, 2.24) is 15.0 Å². The second kappa shape index (κ2) is 14.5. The Balaban J connectivity index is 1.11. The zero-order chi connectivity index (χ0) is 42.1.